The van der Waals surface area contributed by atoms with Crippen LogP contribution in [-0.2, 0) is 9.53 Å². The Bertz CT molecular complexity index is 378. The SMILES string of the molecule is COC(=O)C(N)CCOc1c(F)cccc1F. The van der Waals surface area contributed by atoms with Gasteiger partial charge in [0, 0.05) is 6.42 Å². The number of hydrogen-bond acceptors (Lipinski definition) is 4. The minimum atomic E-state index is -0.866. The van der Waals surface area contributed by atoms with Gasteiger partial charge >= 0.3 is 5.97 Å². The molecule has 1 unspecified atom stereocenters. The number of ether oxygens (including phenoxy) is 2. The zero-order valence-electron chi connectivity index (χ0n) is 9.28. The van der Waals surface area contributed by atoms with Crippen LogP contribution in [0.4, 0.5) is 8.78 Å². The number of methoxy groups -OCH3 is 1. The molecule has 1 aromatic rings. The van der Waals surface area contributed by atoms with Gasteiger partial charge in [-0.2, -0.15) is 0 Å². The van der Waals surface area contributed by atoms with E-state index in [1.165, 1.54) is 13.2 Å². The van der Waals surface area contributed by atoms with E-state index < -0.39 is 29.4 Å². The summed E-state index contributed by atoms with van der Waals surface area (Å²) in [6.45, 7) is -0.0753. The Kier molecular flexibility index (Phi) is 4.84. The maximum atomic E-state index is 13.1. The number of rotatable bonds is 5. The van der Waals surface area contributed by atoms with Crippen molar-refractivity contribution in [3.8, 4) is 5.75 Å². The number of para-hydroxylation sites is 1. The van der Waals surface area contributed by atoms with Crippen LogP contribution < -0.4 is 10.5 Å². The van der Waals surface area contributed by atoms with Crippen LogP contribution in [-0.4, -0.2) is 25.7 Å². The molecule has 0 heterocycles. The molecule has 0 saturated carbocycles. The summed E-state index contributed by atoms with van der Waals surface area (Å²) in [5.41, 5.74) is 5.43. The second-order valence-corrected chi connectivity index (χ2v) is 3.32. The first-order valence-electron chi connectivity index (χ1n) is 4.96. The van der Waals surface area contributed by atoms with Crippen LogP contribution in [0.5, 0.6) is 5.75 Å². The van der Waals surface area contributed by atoms with Crippen molar-refractivity contribution in [3.05, 3.63) is 29.8 Å². The van der Waals surface area contributed by atoms with Gasteiger partial charge in [-0.3, -0.25) is 4.79 Å². The molecular formula is C11H13F2NO3. The van der Waals surface area contributed by atoms with Crippen molar-refractivity contribution in [2.45, 2.75) is 12.5 Å². The summed E-state index contributed by atoms with van der Waals surface area (Å²) in [5, 5.41) is 0. The minimum Gasteiger partial charge on any atom is -0.488 e. The molecule has 0 amide bonds. The first kappa shape index (κ1) is 13.4. The smallest absolute Gasteiger partial charge is 0.322 e. The summed E-state index contributed by atoms with van der Waals surface area (Å²) in [5.74, 6) is -2.65. The Labute approximate surface area is 97.3 Å². The maximum Gasteiger partial charge on any atom is 0.322 e. The van der Waals surface area contributed by atoms with Crippen LogP contribution in [0.1, 0.15) is 6.42 Å². The van der Waals surface area contributed by atoms with Crippen molar-refractivity contribution >= 4 is 5.97 Å². The molecule has 4 nitrogen and oxygen atoms in total. The van der Waals surface area contributed by atoms with E-state index in [0.717, 1.165) is 12.1 Å². The monoisotopic (exact) mass is 245 g/mol. The van der Waals surface area contributed by atoms with Gasteiger partial charge in [0.25, 0.3) is 0 Å². The molecule has 17 heavy (non-hydrogen) atoms. The molecule has 0 aromatic heterocycles. The van der Waals surface area contributed by atoms with Crippen molar-refractivity contribution in [2.75, 3.05) is 13.7 Å². The van der Waals surface area contributed by atoms with Crippen LogP contribution in [0.3, 0.4) is 0 Å². The number of carbonyl (C=O) groups is 1. The standard InChI is InChI=1S/C11H13F2NO3/c1-16-11(15)9(14)5-6-17-10-7(12)3-2-4-8(10)13/h2-4,9H,5-6,14H2,1H3. The molecule has 0 bridgehead atoms. The molecule has 0 aliphatic heterocycles. The summed E-state index contributed by atoms with van der Waals surface area (Å²) in [6, 6.07) is 2.53. The topological polar surface area (TPSA) is 61.5 Å². The van der Waals surface area contributed by atoms with E-state index in [0.29, 0.717) is 0 Å². The largest absolute Gasteiger partial charge is 0.488 e. The number of hydrogen-bond donors (Lipinski definition) is 1. The van der Waals surface area contributed by atoms with E-state index >= 15 is 0 Å². The molecule has 0 aliphatic rings. The Morgan fingerprint density at radius 2 is 2.00 bits per heavy atom. The highest BCUT2D eigenvalue weighted by Crippen LogP contribution is 2.20. The van der Waals surface area contributed by atoms with Gasteiger partial charge in [-0.1, -0.05) is 6.07 Å². The second-order valence-electron chi connectivity index (χ2n) is 3.32. The van der Waals surface area contributed by atoms with Gasteiger partial charge in [0.05, 0.1) is 13.7 Å². The van der Waals surface area contributed by atoms with Crippen molar-refractivity contribution in [2.24, 2.45) is 5.73 Å². The van der Waals surface area contributed by atoms with Gasteiger partial charge < -0.3 is 15.2 Å². The summed E-state index contributed by atoms with van der Waals surface area (Å²) >= 11 is 0. The first-order chi connectivity index (χ1) is 8.06. The zero-order chi connectivity index (χ0) is 12.8. The van der Waals surface area contributed by atoms with E-state index in [2.05, 4.69) is 4.74 Å². The van der Waals surface area contributed by atoms with Crippen LogP contribution in [0.25, 0.3) is 0 Å². The fourth-order valence-electron chi connectivity index (χ4n) is 1.18. The Balaban J connectivity index is 2.49. The highest BCUT2D eigenvalue weighted by molar-refractivity contribution is 5.75. The number of esters is 1. The summed E-state index contributed by atoms with van der Waals surface area (Å²) in [7, 11) is 1.21. The van der Waals surface area contributed by atoms with Crippen LogP contribution in [0, 0.1) is 11.6 Å². The fraction of sp³-hybridized carbons (Fsp3) is 0.364. The van der Waals surface area contributed by atoms with Crippen molar-refractivity contribution in [3.63, 3.8) is 0 Å². The molecule has 1 atom stereocenters. The van der Waals surface area contributed by atoms with E-state index in [-0.39, 0.29) is 13.0 Å². The lowest BCUT2D eigenvalue weighted by molar-refractivity contribution is -0.142. The average Bonchev–Trinajstić information content (AvgIpc) is 2.31. The predicted octanol–water partition coefficient (Wildman–Crippen LogP) is 1.23. The van der Waals surface area contributed by atoms with Gasteiger partial charge in [-0.05, 0) is 12.1 Å². The normalized spacial score (nSPS) is 12.0. The molecule has 1 aromatic carbocycles. The summed E-state index contributed by atoms with van der Waals surface area (Å²) < 4.78 is 35.5. The molecule has 94 valence electrons. The molecule has 2 N–H and O–H groups in total. The summed E-state index contributed by atoms with van der Waals surface area (Å²) in [4.78, 5) is 10.9. The Morgan fingerprint density at radius 1 is 1.41 bits per heavy atom. The molecule has 0 aliphatic carbocycles. The van der Waals surface area contributed by atoms with E-state index in [1.807, 2.05) is 0 Å². The quantitative estimate of drug-likeness (QED) is 0.793. The third kappa shape index (κ3) is 3.67. The van der Waals surface area contributed by atoms with Crippen molar-refractivity contribution in [1.82, 2.24) is 0 Å². The van der Waals surface area contributed by atoms with Gasteiger partial charge in [0.1, 0.15) is 6.04 Å². The third-order valence-electron chi connectivity index (χ3n) is 2.10. The highest BCUT2D eigenvalue weighted by atomic mass is 19.1. The minimum absolute atomic E-state index is 0.0753. The number of benzene rings is 1. The van der Waals surface area contributed by atoms with Gasteiger partial charge in [-0.25, -0.2) is 8.78 Å². The molecule has 0 fully saturated rings. The van der Waals surface area contributed by atoms with Crippen LogP contribution in [0.2, 0.25) is 0 Å². The Morgan fingerprint density at radius 3 is 2.53 bits per heavy atom. The number of halogens is 2. The van der Waals surface area contributed by atoms with Gasteiger partial charge in [0.15, 0.2) is 17.4 Å². The summed E-state index contributed by atoms with van der Waals surface area (Å²) in [6.07, 6.45) is 0.112. The predicted molar refractivity (Wildman–Crippen MR) is 56.5 cm³/mol. The maximum absolute atomic E-state index is 13.1. The molecule has 6 heteroatoms. The van der Waals surface area contributed by atoms with E-state index in [1.54, 1.807) is 0 Å². The van der Waals surface area contributed by atoms with E-state index in [4.69, 9.17) is 10.5 Å². The molecule has 0 saturated heterocycles. The lowest BCUT2D eigenvalue weighted by Gasteiger charge is -2.11. The van der Waals surface area contributed by atoms with Crippen molar-refractivity contribution < 1.29 is 23.0 Å². The van der Waals surface area contributed by atoms with Gasteiger partial charge in [0.2, 0.25) is 0 Å². The first-order valence-corrected chi connectivity index (χ1v) is 4.96. The van der Waals surface area contributed by atoms with Crippen molar-refractivity contribution in [1.29, 1.82) is 0 Å². The highest BCUT2D eigenvalue weighted by Gasteiger charge is 2.15. The third-order valence-corrected chi connectivity index (χ3v) is 2.10. The lowest BCUT2D eigenvalue weighted by Crippen LogP contribution is -2.33. The molecule has 0 spiro atoms. The Hall–Kier alpha value is -1.69. The van der Waals surface area contributed by atoms with Crippen LogP contribution in [0.15, 0.2) is 18.2 Å². The molecule has 1 rings (SSSR count). The number of nitrogens with two attached hydrogens (primary N) is 1. The zero-order valence-corrected chi connectivity index (χ0v) is 9.28. The molecular weight excluding hydrogens is 232 g/mol. The molecule has 0 radical (unpaired) electrons. The number of carbonyl (C=O) groups excluding carboxylic acids is 1. The average molecular weight is 245 g/mol. The van der Waals surface area contributed by atoms with E-state index in [9.17, 15) is 13.6 Å². The lowest BCUT2D eigenvalue weighted by atomic mass is 10.2. The fourth-order valence-corrected chi connectivity index (χ4v) is 1.18. The van der Waals surface area contributed by atoms with Crippen LogP contribution >= 0.6 is 0 Å². The van der Waals surface area contributed by atoms with Gasteiger partial charge in [-0.15, -0.1) is 0 Å². The second kappa shape index (κ2) is 6.15.